The van der Waals surface area contributed by atoms with Crippen molar-refractivity contribution in [2.24, 2.45) is 0 Å². The van der Waals surface area contributed by atoms with Gasteiger partial charge in [-0.2, -0.15) is 0 Å². The summed E-state index contributed by atoms with van der Waals surface area (Å²) in [5, 5.41) is 0. The van der Waals surface area contributed by atoms with E-state index in [1.165, 1.54) is 35.4 Å². The maximum Gasteiger partial charge on any atom is 0.0490 e. The molecule has 0 N–H and O–H groups in total. The van der Waals surface area contributed by atoms with Gasteiger partial charge in [-0.15, -0.1) is 0 Å². The van der Waals surface area contributed by atoms with Crippen LogP contribution in [-0.4, -0.2) is 4.57 Å². The summed E-state index contributed by atoms with van der Waals surface area (Å²) in [5.41, 5.74) is 5.25. The molecule has 1 heteroatoms. The molecule has 22 heavy (non-hydrogen) atoms. The highest BCUT2D eigenvalue weighted by atomic mass is 15.0. The zero-order valence-electron chi connectivity index (χ0n) is 15.1. The Morgan fingerprint density at radius 2 is 1.18 bits per heavy atom. The molecule has 1 heterocycles. The summed E-state index contributed by atoms with van der Waals surface area (Å²) in [5.74, 6) is 0. The van der Waals surface area contributed by atoms with Gasteiger partial charge in [0.2, 0.25) is 0 Å². The molecule has 1 aromatic heterocycles. The summed E-state index contributed by atoms with van der Waals surface area (Å²) in [7, 11) is 0. The molecule has 0 saturated carbocycles. The number of nitrogens with zero attached hydrogens (tertiary/aromatic N) is 1. The predicted molar refractivity (Wildman–Crippen MR) is 103 cm³/mol. The van der Waals surface area contributed by atoms with Gasteiger partial charge in [-0.05, 0) is 53.2 Å². The molecule has 0 aromatic carbocycles. The van der Waals surface area contributed by atoms with Gasteiger partial charge in [0, 0.05) is 28.6 Å². The highest BCUT2D eigenvalue weighted by molar-refractivity contribution is 5.79. The summed E-state index contributed by atoms with van der Waals surface area (Å²) in [4.78, 5) is 0. The molecule has 0 amide bonds. The standard InChI is InChI=1S/C21H31N/c1-7-12-17(6)22-20(15-10-4)18(13-8-2)19(14-9-3)21(22)16-11-5/h8-11,13-17H,7,12H2,1-6H3/b13-8-,14-9-,15-10-,16-11-. The molecule has 0 fully saturated rings. The first-order valence-corrected chi connectivity index (χ1v) is 8.45. The maximum atomic E-state index is 2.49. The molecule has 1 unspecified atom stereocenters. The molecule has 120 valence electrons. The monoisotopic (exact) mass is 297 g/mol. The molecule has 0 aliphatic carbocycles. The van der Waals surface area contributed by atoms with Crippen molar-refractivity contribution >= 4 is 24.3 Å². The van der Waals surface area contributed by atoms with E-state index in [-0.39, 0.29) is 0 Å². The Kier molecular flexibility index (Phi) is 7.73. The van der Waals surface area contributed by atoms with Crippen LogP contribution >= 0.6 is 0 Å². The largest absolute Gasteiger partial charge is 0.338 e. The van der Waals surface area contributed by atoms with Crippen LogP contribution in [0.1, 0.15) is 82.9 Å². The second kappa shape index (κ2) is 9.30. The van der Waals surface area contributed by atoms with E-state index < -0.39 is 0 Å². The van der Waals surface area contributed by atoms with Crippen LogP contribution in [0, 0.1) is 0 Å². The third-order valence-corrected chi connectivity index (χ3v) is 3.82. The minimum Gasteiger partial charge on any atom is -0.338 e. The number of hydrogen-bond donors (Lipinski definition) is 0. The molecule has 0 bridgehead atoms. The second-order valence-corrected chi connectivity index (χ2v) is 5.61. The van der Waals surface area contributed by atoms with Gasteiger partial charge in [0.1, 0.15) is 0 Å². The van der Waals surface area contributed by atoms with E-state index >= 15 is 0 Å². The maximum absolute atomic E-state index is 2.49. The molecule has 1 rings (SSSR count). The SMILES string of the molecule is C/C=C\c1c(/C=C\C)c(/C=C\C)n(C(C)CCC)c1/C=C\C. The van der Waals surface area contributed by atoms with E-state index in [9.17, 15) is 0 Å². The first kappa shape index (κ1) is 18.3. The molecule has 0 aliphatic rings. The van der Waals surface area contributed by atoms with Crippen molar-refractivity contribution in [1.82, 2.24) is 4.57 Å². The average molecular weight is 297 g/mol. The Morgan fingerprint density at radius 3 is 1.50 bits per heavy atom. The summed E-state index contributed by atoms with van der Waals surface area (Å²) in [6.07, 6.45) is 19.8. The molecule has 1 atom stereocenters. The number of hydrogen-bond acceptors (Lipinski definition) is 0. The lowest BCUT2D eigenvalue weighted by Gasteiger charge is -2.18. The Hall–Kier alpha value is -1.76. The van der Waals surface area contributed by atoms with Crippen molar-refractivity contribution in [3.63, 3.8) is 0 Å². The lowest BCUT2D eigenvalue weighted by molar-refractivity contribution is 0.497. The number of aromatic nitrogens is 1. The summed E-state index contributed by atoms with van der Waals surface area (Å²) < 4.78 is 2.49. The molecule has 1 aromatic rings. The normalized spacial score (nSPS) is 14.3. The van der Waals surface area contributed by atoms with Gasteiger partial charge >= 0.3 is 0 Å². The minimum absolute atomic E-state index is 0.491. The quantitative estimate of drug-likeness (QED) is 0.511. The van der Waals surface area contributed by atoms with Crippen molar-refractivity contribution in [2.45, 2.75) is 60.4 Å². The van der Waals surface area contributed by atoms with Crippen LogP contribution in [0.3, 0.4) is 0 Å². The molecule has 1 nitrogen and oxygen atoms in total. The zero-order valence-corrected chi connectivity index (χ0v) is 15.1. The van der Waals surface area contributed by atoms with Crippen LogP contribution in [0.15, 0.2) is 24.3 Å². The number of allylic oxidation sites excluding steroid dienone is 4. The highest BCUT2D eigenvalue weighted by Crippen LogP contribution is 2.33. The van der Waals surface area contributed by atoms with Gasteiger partial charge < -0.3 is 4.57 Å². The molecule has 0 aliphatic heterocycles. The summed E-state index contributed by atoms with van der Waals surface area (Å²) >= 11 is 0. The average Bonchev–Trinajstić information content (AvgIpc) is 2.76. The van der Waals surface area contributed by atoms with E-state index in [2.05, 4.69) is 94.7 Å². The van der Waals surface area contributed by atoms with Crippen molar-refractivity contribution in [1.29, 1.82) is 0 Å². The summed E-state index contributed by atoms with van der Waals surface area (Å²) in [6, 6.07) is 0.491. The molecule has 0 radical (unpaired) electrons. The Bertz CT molecular complexity index is 534. The molecule has 0 saturated heterocycles. The van der Waals surface area contributed by atoms with Crippen LogP contribution < -0.4 is 0 Å². The lowest BCUT2D eigenvalue weighted by Crippen LogP contribution is -2.09. The fourth-order valence-electron chi connectivity index (χ4n) is 3.03. The van der Waals surface area contributed by atoms with Crippen LogP contribution in [0.2, 0.25) is 0 Å². The third-order valence-electron chi connectivity index (χ3n) is 3.82. The van der Waals surface area contributed by atoms with Gasteiger partial charge in [-0.3, -0.25) is 0 Å². The first-order valence-electron chi connectivity index (χ1n) is 8.45. The predicted octanol–water partition coefficient (Wildman–Crippen LogP) is 6.98. The number of rotatable bonds is 7. The van der Waals surface area contributed by atoms with Gasteiger partial charge in [-0.25, -0.2) is 0 Å². The van der Waals surface area contributed by atoms with Gasteiger partial charge in [0.05, 0.1) is 0 Å². The van der Waals surface area contributed by atoms with Crippen LogP contribution in [0.25, 0.3) is 24.3 Å². The zero-order chi connectivity index (χ0) is 16.5. The van der Waals surface area contributed by atoms with Gasteiger partial charge in [0.25, 0.3) is 0 Å². The molecule has 0 spiro atoms. The Morgan fingerprint density at radius 1 is 0.773 bits per heavy atom. The van der Waals surface area contributed by atoms with Crippen molar-refractivity contribution in [3.8, 4) is 0 Å². The minimum atomic E-state index is 0.491. The third kappa shape index (κ3) is 3.91. The van der Waals surface area contributed by atoms with Crippen molar-refractivity contribution < 1.29 is 0 Å². The Labute approximate surface area is 136 Å². The van der Waals surface area contributed by atoms with Gasteiger partial charge in [-0.1, -0.05) is 49.8 Å². The topological polar surface area (TPSA) is 4.93 Å². The first-order chi connectivity index (χ1) is 10.7. The molecular formula is C21H31N. The van der Waals surface area contributed by atoms with Crippen LogP contribution in [0.5, 0.6) is 0 Å². The summed E-state index contributed by atoms with van der Waals surface area (Å²) in [6.45, 7) is 12.9. The van der Waals surface area contributed by atoms with E-state index in [4.69, 9.17) is 0 Å². The van der Waals surface area contributed by atoms with Gasteiger partial charge in [0.15, 0.2) is 0 Å². The smallest absolute Gasteiger partial charge is 0.0490 e. The van der Waals surface area contributed by atoms with E-state index in [0.717, 1.165) is 0 Å². The fraction of sp³-hybridized carbons (Fsp3) is 0.429. The van der Waals surface area contributed by atoms with Crippen molar-refractivity contribution in [3.05, 3.63) is 46.8 Å². The van der Waals surface area contributed by atoms with E-state index in [0.29, 0.717) is 6.04 Å². The van der Waals surface area contributed by atoms with Crippen LogP contribution in [-0.2, 0) is 0 Å². The second-order valence-electron chi connectivity index (χ2n) is 5.61. The fourth-order valence-corrected chi connectivity index (χ4v) is 3.03. The van der Waals surface area contributed by atoms with E-state index in [1.54, 1.807) is 0 Å². The van der Waals surface area contributed by atoms with E-state index in [1.807, 2.05) is 0 Å². The molecular weight excluding hydrogens is 266 g/mol. The lowest BCUT2D eigenvalue weighted by atomic mass is 10.1. The van der Waals surface area contributed by atoms with Crippen LogP contribution in [0.4, 0.5) is 0 Å². The Balaban J connectivity index is 3.79. The van der Waals surface area contributed by atoms with Crippen molar-refractivity contribution in [2.75, 3.05) is 0 Å². The highest BCUT2D eigenvalue weighted by Gasteiger charge is 2.19.